The molecule has 1 aliphatic rings. The van der Waals surface area contributed by atoms with Gasteiger partial charge >= 0.3 is 11.9 Å². The number of aliphatic carboxylic acids is 1. The van der Waals surface area contributed by atoms with Crippen molar-refractivity contribution in [3.63, 3.8) is 0 Å². The van der Waals surface area contributed by atoms with Crippen LogP contribution in [0.25, 0.3) is 17.2 Å². The Kier molecular flexibility index (Phi) is 10.5. The standard InChI is InChI=1S/C36H36O9S/c1-5-6-9-23-20-46-33(16-25(35(37)38)14-24-15-31-32(45-21-44-31)18-29(24)41-3)34(23)28-13-12-26(40-2)17-30(28)43-19-22-10-7-8-11-27(22)36(39)42-4/h7-8,10-13,15-18,20H,5-6,9,14,19,21H2,1-4H3,(H,37,38)/b25-16+. The maximum atomic E-state index is 12.7. The molecule has 2 heterocycles. The molecule has 0 unspecified atom stereocenters. The van der Waals surface area contributed by atoms with Crippen LogP contribution in [0.15, 0.2) is 65.6 Å². The van der Waals surface area contributed by atoms with Crippen LogP contribution in [0.5, 0.6) is 28.7 Å². The molecule has 0 bridgehead atoms. The second-order valence-electron chi connectivity index (χ2n) is 10.6. The van der Waals surface area contributed by atoms with Crippen LogP contribution in [-0.2, 0) is 29.0 Å². The number of aryl methyl sites for hydroxylation is 1. The fraction of sp³-hybridized carbons (Fsp3) is 0.278. The Balaban J connectivity index is 1.57. The predicted molar refractivity (Wildman–Crippen MR) is 175 cm³/mol. The number of ether oxygens (including phenoxy) is 6. The highest BCUT2D eigenvalue weighted by Gasteiger charge is 2.23. The molecule has 10 heteroatoms. The van der Waals surface area contributed by atoms with Gasteiger partial charge in [0.15, 0.2) is 11.5 Å². The molecule has 0 fully saturated rings. The SMILES string of the molecule is CCCCc1csc(/C=C(\Cc2cc3c(cc2OC)OCO3)C(=O)O)c1-c1ccc(OC)cc1OCc1ccccc1C(=O)OC. The first-order valence-corrected chi connectivity index (χ1v) is 15.7. The predicted octanol–water partition coefficient (Wildman–Crippen LogP) is 7.58. The zero-order valence-electron chi connectivity index (χ0n) is 26.2. The van der Waals surface area contributed by atoms with Crippen LogP contribution in [0, 0.1) is 0 Å². The number of hydrogen-bond donors (Lipinski definition) is 1. The highest BCUT2D eigenvalue weighted by Crippen LogP contribution is 2.43. The number of rotatable bonds is 14. The summed E-state index contributed by atoms with van der Waals surface area (Å²) in [6.07, 6.45) is 4.60. The molecule has 4 aromatic rings. The van der Waals surface area contributed by atoms with E-state index >= 15 is 0 Å². The van der Waals surface area contributed by atoms with E-state index in [1.807, 2.05) is 24.3 Å². The van der Waals surface area contributed by atoms with Gasteiger partial charge in [-0.3, -0.25) is 0 Å². The Labute approximate surface area is 271 Å². The highest BCUT2D eigenvalue weighted by atomic mass is 32.1. The van der Waals surface area contributed by atoms with Crippen LogP contribution in [0.1, 0.15) is 51.7 Å². The highest BCUT2D eigenvalue weighted by molar-refractivity contribution is 7.11. The Bertz CT molecular complexity index is 1750. The number of methoxy groups -OCH3 is 3. The van der Waals surface area contributed by atoms with E-state index in [0.29, 0.717) is 45.4 Å². The van der Waals surface area contributed by atoms with Crippen molar-refractivity contribution in [3.05, 3.63) is 92.7 Å². The molecule has 9 nitrogen and oxygen atoms in total. The fourth-order valence-corrected chi connectivity index (χ4v) is 6.36. The minimum atomic E-state index is -1.04. The molecule has 3 aromatic carbocycles. The Morgan fingerprint density at radius 1 is 0.935 bits per heavy atom. The number of hydrogen-bond acceptors (Lipinski definition) is 9. The summed E-state index contributed by atoms with van der Waals surface area (Å²) in [5.74, 6) is 1.28. The molecule has 0 saturated carbocycles. The minimum Gasteiger partial charge on any atom is -0.497 e. The summed E-state index contributed by atoms with van der Waals surface area (Å²) < 4.78 is 33.5. The number of esters is 1. The second-order valence-corrected chi connectivity index (χ2v) is 11.5. The van der Waals surface area contributed by atoms with Crippen molar-refractivity contribution < 1.29 is 43.1 Å². The Hall–Kier alpha value is -4.96. The monoisotopic (exact) mass is 644 g/mol. The molecular formula is C36H36O9S. The van der Waals surface area contributed by atoms with Gasteiger partial charge in [0.2, 0.25) is 6.79 Å². The van der Waals surface area contributed by atoms with Crippen molar-refractivity contribution >= 4 is 29.4 Å². The Morgan fingerprint density at radius 3 is 2.43 bits per heavy atom. The summed E-state index contributed by atoms with van der Waals surface area (Å²) in [4.78, 5) is 25.8. The molecule has 1 aliphatic heterocycles. The zero-order valence-corrected chi connectivity index (χ0v) is 27.0. The number of carbonyl (C=O) groups is 2. The van der Waals surface area contributed by atoms with Crippen molar-refractivity contribution in [1.29, 1.82) is 0 Å². The summed E-state index contributed by atoms with van der Waals surface area (Å²) in [6.45, 7) is 2.34. The molecule has 0 saturated heterocycles. The summed E-state index contributed by atoms with van der Waals surface area (Å²) in [6, 6.07) is 16.2. The lowest BCUT2D eigenvalue weighted by atomic mass is 9.95. The number of benzene rings is 3. The molecule has 240 valence electrons. The first kappa shape index (κ1) is 32.4. The van der Waals surface area contributed by atoms with Gasteiger partial charge in [0.25, 0.3) is 0 Å². The van der Waals surface area contributed by atoms with E-state index in [2.05, 4.69) is 12.3 Å². The first-order chi connectivity index (χ1) is 22.4. The van der Waals surface area contributed by atoms with Gasteiger partial charge in [-0.25, -0.2) is 9.59 Å². The van der Waals surface area contributed by atoms with Gasteiger partial charge < -0.3 is 33.5 Å². The number of fused-ring (bicyclic) bond motifs is 1. The molecule has 0 atom stereocenters. The maximum Gasteiger partial charge on any atom is 0.338 e. The van der Waals surface area contributed by atoms with Gasteiger partial charge in [-0.2, -0.15) is 0 Å². The lowest BCUT2D eigenvalue weighted by Gasteiger charge is -2.16. The second kappa shape index (κ2) is 14.9. The van der Waals surface area contributed by atoms with Crippen LogP contribution in [0.3, 0.4) is 0 Å². The van der Waals surface area contributed by atoms with E-state index in [4.69, 9.17) is 28.4 Å². The van der Waals surface area contributed by atoms with Crippen LogP contribution in [0.4, 0.5) is 0 Å². The lowest BCUT2D eigenvalue weighted by Crippen LogP contribution is -2.08. The van der Waals surface area contributed by atoms with Crippen molar-refractivity contribution in [3.8, 4) is 39.9 Å². The molecule has 0 amide bonds. The molecule has 1 N–H and O–H groups in total. The molecule has 0 spiro atoms. The molecule has 46 heavy (non-hydrogen) atoms. The topological polar surface area (TPSA) is 110 Å². The van der Waals surface area contributed by atoms with Gasteiger partial charge in [-0.1, -0.05) is 31.5 Å². The zero-order chi connectivity index (χ0) is 32.6. The van der Waals surface area contributed by atoms with Crippen LogP contribution in [-0.4, -0.2) is 45.2 Å². The summed E-state index contributed by atoms with van der Waals surface area (Å²) in [5, 5.41) is 12.4. The third-order valence-electron chi connectivity index (χ3n) is 7.70. The van der Waals surface area contributed by atoms with E-state index in [9.17, 15) is 14.7 Å². The third-order valence-corrected chi connectivity index (χ3v) is 8.67. The fourth-order valence-electron chi connectivity index (χ4n) is 5.29. The smallest absolute Gasteiger partial charge is 0.338 e. The molecule has 1 aromatic heterocycles. The van der Waals surface area contributed by atoms with Gasteiger partial charge in [-0.15, -0.1) is 11.3 Å². The third kappa shape index (κ3) is 7.13. The maximum absolute atomic E-state index is 12.7. The number of thiophene rings is 1. The number of carboxylic acid groups (broad SMARTS) is 1. The van der Waals surface area contributed by atoms with E-state index < -0.39 is 11.9 Å². The van der Waals surface area contributed by atoms with Gasteiger partial charge in [0.1, 0.15) is 23.9 Å². The molecule has 0 aliphatic carbocycles. The molecule has 0 radical (unpaired) electrons. The normalized spacial score (nSPS) is 12.1. The van der Waals surface area contributed by atoms with E-state index in [1.54, 1.807) is 43.5 Å². The summed E-state index contributed by atoms with van der Waals surface area (Å²) in [7, 11) is 4.47. The van der Waals surface area contributed by atoms with Gasteiger partial charge in [0.05, 0.1) is 26.9 Å². The number of unbranched alkanes of at least 4 members (excludes halogenated alkanes) is 1. The van der Waals surface area contributed by atoms with Crippen molar-refractivity contribution in [2.75, 3.05) is 28.1 Å². The summed E-state index contributed by atoms with van der Waals surface area (Å²) in [5.41, 5.74) is 4.73. The van der Waals surface area contributed by atoms with Crippen LogP contribution >= 0.6 is 11.3 Å². The van der Waals surface area contributed by atoms with Crippen LogP contribution in [0.2, 0.25) is 0 Å². The minimum absolute atomic E-state index is 0.100. The Morgan fingerprint density at radius 2 is 1.72 bits per heavy atom. The quantitative estimate of drug-likeness (QED) is 0.110. The molecule has 5 rings (SSSR count). The van der Waals surface area contributed by atoms with E-state index in [-0.39, 0.29) is 25.4 Å². The van der Waals surface area contributed by atoms with Crippen molar-refractivity contribution in [1.82, 2.24) is 0 Å². The van der Waals surface area contributed by atoms with E-state index in [0.717, 1.165) is 40.8 Å². The average molecular weight is 645 g/mol. The van der Waals surface area contributed by atoms with Gasteiger partial charge in [-0.05, 0) is 54.1 Å². The number of carboxylic acids is 1. The first-order valence-electron chi connectivity index (χ1n) is 14.8. The number of carbonyl (C=O) groups excluding carboxylic acids is 1. The van der Waals surface area contributed by atoms with Crippen molar-refractivity contribution in [2.45, 2.75) is 39.2 Å². The van der Waals surface area contributed by atoms with Gasteiger partial charge in [0, 0.05) is 51.3 Å². The molecular weight excluding hydrogens is 608 g/mol. The average Bonchev–Trinajstić information content (AvgIpc) is 3.71. The van der Waals surface area contributed by atoms with Crippen LogP contribution < -0.4 is 23.7 Å². The lowest BCUT2D eigenvalue weighted by molar-refractivity contribution is -0.132. The van der Waals surface area contributed by atoms with E-state index in [1.165, 1.54) is 25.6 Å². The largest absolute Gasteiger partial charge is 0.497 e. The van der Waals surface area contributed by atoms with Crippen molar-refractivity contribution in [2.24, 2.45) is 0 Å². The summed E-state index contributed by atoms with van der Waals surface area (Å²) >= 11 is 1.49.